The predicted octanol–water partition coefficient (Wildman–Crippen LogP) is 4.21. The summed E-state index contributed by atoms with van der Waals surface area (Å²) in [4.78, 5) is 8.83. The highest BCUT2D eigenvalue weighted by Gasteiger charge is 2.17. The first-order chi connectivity index (χ1) is 15.2. The molecule has 0 spiro atoms. The summed E-state index contributed by atoms with van der Waals surface area (Å²) in [6, 6.07) is 9.76. The maximum Gasteiger partial charge on any atom is 0.232 e. The third kappa shape index (κ3) is 8.63. The molecule has 1 unspecified atom stereocenters. The number of halogens is 2. The van der Waals surface area contributed by atoms with Crippen molar-refractivity contribution in [3.05, 3.63) is 52.7 Å². The summed E-state index contributed by atoms with van der Waals surface area (Å²) in [5, 5.41) is 7.03. The van der Waals surface area contributed by atoms with Crippen molar-refractivity contribution in [1.82, 2.24) is 15.6 Å². The number of aliphatic imine (C=N–C) groups is 1. The van der Waals surface area contributed by atoms with Crippen LogP contribution in [0, 0.1) is 12.8 Å². The number of aromatic nitrogens is 1. The van der Waals surface area contributed by atoms with Crippen LogP contribution in [0.25, 0.3) is 0 Å². The van der Waals surface area contributed by atoms with E-state index in [2.05, 4.69) is 40.7 Å². The maximum absolute atomic E-state index is 6.12. The average molecular weight is 575 g/mol. The highest BCUT2D eigenvalue weighted by Crippen LogP contribution is 2.23. The number of nitrogens with zero attached hydrogens (tertiary/aromatic N) is 2. The molecule has 0 amide bonds. The van der Waals surface area contributed by atoms with Crippen LogP contribution in [0.4, 0.5) is 0 Å². The topological polar surface area (TPSA) is 77.0 Å². The van der Waals surface area contributed by atoms with Crippen LogP contribution in [-0.2, 0) is 11.3 Å². The van der Waals surface area contributed by atoms with Crippen LogP contribution in [-0.4, -0.2) is 50.5 Å². The minimum absolute atomic E-state index is 0. The molecule has 9 heteroatoms. The second-order valence-electron chi connectivity index (χ2n) is 7.41. The SMILES string of the molecule is CCNC(=NCc1ccc(C)cc1OCC1CCOC1)NCCOc1ncccc1Cl.I. The Morgan fingerprint density at radius 1 is 1.28 bits per heavy atom. The lowest BCUT2D eigenvalue weighted by Crippen LogP contribution is -2.39. The fourth-order valence-electron chi connectivity index (χ4n) is 3.15. The summed E-state index contributed by atoms with van der Waals surface area (Å²) in [7, 11) is 0. The van der Waals surface area contributed by atoms with E-state index in [1.807, 2.05) is 6.92 Å². The standard InChI is InChI=1S/C23H31ClN4O3.HI/c1-3-25-23(27-10-12-30-22-20(24)5-4-9-26-22)28-14-19-7-6-17(2)13-21(19)31-16-18-8-11-29-15-18;/h4-7,9,13,18H,3,8,10-12,14-16H2,1-2H3,(H2,25,27,28);1H. The maximum atomic E-state index is 6.12. The first-order valence-electron chi connectivity index (χ1n) is 10.7. The summed E-state index contributed by atoms with van der Waals surface area (Å²) < 4.78 is 17.2. The lowest BCUT2D eigenvalue weighted by Gasteiger charge is -2.15. The van der Waals surface area contributed by atoms with Gasteiger partial charge >= 0.3 is 0 Å². The average Bonchev–Trinajstić information content (AvgIpc) is 3.29. The minimum Gasteiger partial charge on any atom is -0.493 e. The van der Waals surface area contributed by atoms with Crippen LogP contribution in [0.3, 0.4) is 0 Å². The highest BCUT2D eigenvalue weighted by molar-refractivity contribution is 14.0. The molecule has 32 heavy (non-hydrogen) atoms. The minimum atomic E-state index is 0. The number of rotatable bonds is 10. The van der Waals surface area contributed by atoms with Crippen molar-refractivity contribution in [3.8, 4) is 11.6 Å². The van der Waals surface area contributed by atoms with Gasteiger partial charge in [-0.1, -0.05) is 23.7 Å². The molecular weight excluding hydrogens is 543 g/mol. The van der Waals surface area contributed by atoms with Crippen molar-refractivity contribution in [3.63, 3.8) is 0 Å². The molecular formula is C23H32ClIN4O3. The molecule has 2 N–H and O–H groups in total. The van der Waals surface area contributed by atoms with E-state index >= 15 is 0 Å². The Kier molecular flexibility index (Phi) is 11.9. The van der Waals surface area contributed by atoms with E-state index in [0.717, 1.165) is 37.5 Å². The Morgan fingerprint density at radius 3 is 2.91 bits per heavy atom. The smallest absolute Gasteiger partial charge is 0.232 e. The molecule has 1 saturated heterocycles. The molecule has 1 fully saturated rings. The van der Waals surface area contributed by atoms with Gasteiger partial charge in [0.05, 0.1) is 26.3 Å². The molecule has 176 valence electrons. The fourth-order valence-corrected chi connectivity index (χ4v) is 3.33. The van der Waals surface area contributed by atoms with Gasteiger partial charge in [0.15, 0.2) is 5.96 Å². The Hall–Kier alpha value is -1.78. The molecule has 1 aliphatic rings. The zero-order valence-corrected chi connectivity index (χ0v) is 21.7. The molecule has 2 heterocycles. The number of aryl methyl sites for hydroxylation is 1. The molecule has 1 atom stereocenters. The van der Waals surface area contributed by atoms with Gasteiger partial charge in [-0.2, -0.15) is 0 Å². The number of hydrogen-bond acceptors (Lipinski definition) is 5. The Labute approximate surface area is 212 Å². The molecule has 1 aromatic heterocycles. The second kappa shape index (κ2) is 14.4. The van der Waals surface area contributed by atoms with E-state index in [4.69, 9.17) is 30.8 Å². The van der Waals surface area contributed by atoms with E-state index in [-0.39, 0.29) is 24.0 Å². The first-order valence-corrected chi connectivity index (χ1v) is 11.1. The van der Waals surface area contributed by atoms with Gasteiger partial charge in [-0.15, -0.1) is 24.0 Å². The van der Waals surface area contributed by atoms with Crippen molar-refractivity contribution in [2.75, 3.05) is 39.5 Å². The van der Waals surface area contributed by atoms with Crippen molar-refractivity contribution in [2.45, 2.75) is 26.8 Å². The molecule has 0 aliphatic carbocycles. The van der Waals surface area contributed by atoms with Crippen LogP contribution in [0.15, 0.2) is 41.5 Å². The third-order valence-electron chi connectivity index (χ3n) is 4.83. The van der Waals surface area contributed by atoms with Gasteiger partial charge in [0.1, 0.15) is 17.4 Å². The van der Waals surface area contributed by atoms with E-state index in [1.165, 1.54) is 5.56 Å². The van der Waals surface area contributed by atoms with E-state index < -0.39 is 0 Å². The predicted molar refractivity (Wildman–Crippen MR) is 139 cm³/mol. The molecule has 0 bridgehead atoms. The first kappa shape index (κ1) is 26.5. The summed E-state index contributed by atoms with van der Waals surface area (Å²) >= 11 is 6.06. The third-order valence-corrected chi connectivity index (χ3v) is 5.12. The number of guanidine groups is 1. The van der Waals surface area contributed by atoms with Crippen LogP contribution in [0.2, 0.25) is 5.02 Å². The van der Waals surface area contributed by atoms with Crippen molar-refractivity contribution in [1.29, 1.82) is 0 Å². The van der Waals surface area contributed by atoms with Crippen LogP contribution in [0.1, 0.15) is 24.5 Å². The summed E-state index contributed by atoms with van der Waals surface area (Å²) in [5.74, 6) is 2.50. The Balaban J connectivity index is 0.00000363. The molecule has 2 aromatic rings. The van der Waals surface area contributed by atoms with E-state index in [1.54, 1.807) is 18.3 Å². The quantitative estimate of drug-likeness (QED) is 0.192. The summed E-state index contributed by atoms with van der Waals surface area (Å²) in [5.41, 5.74) is 2.22. The van der Waals surface area contributed by atoms with Gasteiger partial charge < -0.3 is 24.8 Å². The van der Waals surface area contributed by atoms with Gasteiger partial charge in [-0.05, 0) is 44.0 Å². The van der Waals surface area contributed by atoms with Crippen molar-refractivity contribution >= 4 is 41.5 Å². The summed E-state index contributed by atoms with van der Waals surface area (Å²) in [6.45, 7) is 8.64. The van der Waals surface area contributed by atoms with E-state index in [0.29, 0.717) is 49.1 Å². The number of ether oxygens (including phenoxy) is 3. The highest BCUT2D eigenvalue weighted by atomic mass is 127. The lowest BCUT2D eigenvalue weighted by molar-refractivity contribution is 0.166. The number of benzene rings is 1. The lowest BCUT2D eigenvalue weighted by atomic mass is 10.1. The zero-order valence-electron chi connectivity index (χ0n) is 18.6. The largest absolute Gasteiger partial charge is 0.493 e. The van der Waals surface area contributed by atoms with Gasteiger partial charge in [0.25, 0.3) is 0 Å². The molecule has 0 saturated carbocycles. The van der Waals surface area contributed by atoms with Crippen LogP contribution in [0.5, 0.6) is 11.6 Å². The number of nitrogens with one attached hydrogen (secondary N) is 2. The van der Waals surface area contributed by atoms with E-state index in [9.17, 15) is 0 Å². The molecule has 3 rings (SSSR count). The molecule has 1 aliphatic heterocycles. The van der Waals surface area contributed by atoms with Crippen molar-refractivity contribution in [2.24, 2.45) is 10.9 Å². The van der Waals surface area contributed by atoms with Crippen LogP contribution >= 0.6 is 35.6 Å². The number of hydrogen-bond donors (Lipinski definition) is 2. The Bertz CT molecular complexity index is 863. The molecule has 7 nitrogen and oxygen atoms in total. The van der Waals surface area contributed by atoms with Gasteiger partial charge in [0.2, 0.25) is 5.88 Å². The normalized spacial score (nSPS) is 15.7. The zero-order chi connectivity index (χ0) is 21.9. The van der Waals surface area contributed by atoms with Gasteiger partial charge in [-0.3, -0.25) is 0 Å². The van der Waals surface area contributed by atoms with Gasteiger partial charge in [0, 0.05) is 30.8 Å². The summed E-state index contributed by atoms with van der Waals surface area (Å²) in [6.07, 6.45) is 2.71. The Morgan fingerprint density at radius 2 is 2.16 bits per heavy atom. The molecule has 1 aromatic carbocycles. The van der Waals surface area contributed by atoms with Crippen LogP contribution < -0.4 is 20.1 Å². The monoisotopic (exact) mass is 574 g/mol. The van der Waals surface area contributed by atoms with Crippen molar-refractivity contribution < 1.29 is 14.2 Å². The molecule has 0 radical (unpaired) electrons. The van der Waals surface area contributed by atoms with Gasteiger partial charge in [-0.25, -0.2) is 9.98 Å². The fraction of sp³-hybridized carbons (Fsp3) is 0.478. The number of pyridine rings is 1. The second-order valence-corrected chi connectivity index (χ2v) is 7.82.